The molecular weight excluding hydrogens is 319 g/mol. The summed E-state index contributed by atoms with van der Waals surface area (Å²) < 4.78 is 14.3. The van der Waals surface area contributed by atoms with Crippen LogP contribution < -0.4 is 5.56 Å². The molecule has 0 aliphatic rings. The van der Waals surface area contributed by atoms with Crippen molar-refractivity contribution in [2.75, 3.05) is 0 Å². The third-order valence-electron chi connectivity index (χ3n) is 3.72. The van der Waals surface area contributed by atoms with Gasteiger partial charge in [-0.25, -0.2) is 14.2 Å². The molecule has 0 radical (unpaired) electrons. The van der Waals surface area contributed by atoms with Gasteiger partial charge in [0.05, 0.1) is 5.39 Å². The lowest BCUT2D eigenvalue weighted by Crippen LogP contribution is -2.30. The van der Waals surface area contributed by atoms with Crippen molar-refractivity contribution < 1.29 is 14.3 Å². The topological polar surface area (TPSA) is 72.2 Å². The minimum absolute atomic E-state index is 0.352. The molecule has 7 heteroatoms. The molecule has 0 aliphatic heterocycles. The van der Waals surface area contributed by atoms with E-state index in [1.807, 2.05) is 0 Å². The average molecular weight is 332 g/mol. The van der Waals surface area contributed by atoms with E-state index in [0.29, 0.717) is 27.2 Å². The number of halogens is 1. The van der Waals surface area contributed by atoms with Gasteiger partial charge in [-0.2, -0.15) is 0 Å². The Hall–Kier alpha value is -2.54. The van der Waals surface area contributed by atoms with E-state index in [2.05, 4.69) is 4.98 Å². The summed E-state index contributed by atoms with van der Waals surface area (Å²) in [5.41, 5.74) is 0.923. The van der Waals surface area contributed by atoms with Crippen LogP contribution in [0.2, 0.25) is 0 Å². The van der Waals surface area contributed by atoms with Crippen molar-refractivity contribution in [2.24, 2.45) is 0 Å². The second-order valence-electron chi connectivity index (χ2n) is 5.18. The van der Waals surface area contributed by atoms with Gasteiger partial charge in [-0.05, 0) is 31.5 Å². The maximum Gasteiger partial charge on any atom is 0.326 e. The number of carboxylic acids is 1. The SMILES string of the molecule is Cc1nc2scc(-c3ccc(F)cc3)c2c(=O)n1C(C)C(=O)O. The van der Waals surface area contributed by atoms with E-state index in [-0.39, 0.29) is 5.82 Å². The zero-order valence-electron chi connectivity index (χ0n) is 12.4. The summed E-state index contributed by atoms with van der Waals surface area (Å²) in [5.74, 6) is -1.11. The number of benzene rings is 1. The van der Waals surface area contributed by atoms with Gasteiger partial charge in [0.1, 0.15) is 22.5 Å². The summed E-state index contributed by atoms with van der Waals surface area (Å²) in [5, 5.41) is 11.3. The Balaban J connectivity index is 2.31. The Morgan fingerprint density at radius 3 is 2.61 bits per heavy atom. The summed E-state index contributed by atoms with van der Waals surface area (Å²) in [6.07, 6.45) is 0. The van der Waals surface area contributed by atoms with E-state index in [0.717, 1.165) is 0 Å². The molecule has 0 aliphatic carbocycles. The smallest absolute Gasteiger partial charge is 0.326 e. The molecule has 1 unspecified atom stereocenters. The lowest BCUT2D eigenvalue weighted by Gasteiger charge is -2.13. The van der Waals surface area contributed by atoms with Crippen molar-refractivity contribution in [3.8, 4) is 11.1 Å². The molecule has 1 N–H and O–H groups in total. The lowest BCUT2D eigenvalue weighted by molar-refractivity contribution is -0.140. The van der Waals surface area contributed by atoms with Gasteiger partial charge in [0, 0.05) is 10.9 Å². The van der Waals surface area contributed by atoms with Gasteiger partial charge in [-0.3, -0.25) is 9.36 Å². The molecule has 1 aromatic carbocycles. The number of aryl methyl sites for hydroxylation is 1. The number of fused-ring (bicyclic) bond motifs is 1. The van der Waals surface area contributed by atoms with Crippen LogP contribution in [0.25, 0.3) is 21.3 Å². The summed E-state index contributed by atoms with van der Waals surface area (Å²) in [6.45, 7) is 3.05. The first kappa shape index (κ1) is 15.4. The molecular formula is C16H13FN2O3S. The van der Waals surface area contributed by atoms with E-state index < -0.39 is 17.6 Å². The maximum absolute atomic E-state index is 13.1. The minimum Gasteiger partial charge on any atom is -0.480 e. The third-order valence-corrected chi connectivity index (χ3v) is 4.59. The molecule has 23 heavy (non-hydrogen) atoms. The zero-order valence-corrected chi connectivity index (χ0v) is 13.2. The van der Waals surface area contributed by atoms with Gasteiger partial charge in [-0.1, -0.05) is 12.1 Å². The average Bonchev–Trinajstić information content (AvgIpc) is 2.91. The Morgan fingerprint density at radius 1 is 1.35 bits per heavy atom. The predicted octanol–water partition coefficient (Wildman–Crippen LogP) is 3.22. The van der Waals surface area contributed by atoms with Crippen LogP contribution in [0.3, 0.4) is 0 Å². The molecule has 3 rings (SSSR count). The van der Waals surface area contributed by atoms with Crippen LogP contribution >= 0.6 is 11.3 Å². The number of carboxylic acid groups (broad SMARTS) is 1. The highest BCUT2D eigenvalue weighted by Crippen LogP contribution is 2.31. The quantitative estimate of drug-likeness (QED) is 0.799. The van der Waals surface area contributed by atoms with Crippen LogP contribution in [0, 0.1) is 12.7 Å². The van der Waals surface area contributed by atoms with Crippen molar-refractivity contribution in [2.45, 2.75) is 19.9 Å². The fourth-order valence-corrected chi connectivity index (χ4v) is 3.50. The first-order chi connectivity index (χ1) is 10.9. The van der Waals surface area contributed by atoms with Crippen molar-refractivity contribution >= 4 is 27.5 Å². The molecule has 2 heterocycles. The van der Waals surface area contributed by atoms with Crippen LogP contribution in [0.1, 0.15) is 18.8 Å². The van der Waals surface area contributed by atoms with Crippen LogP contribution in [-0.4, -0.2) is 20.6 Å². The van der Waals surface area contributed by atoms with Gasteiger partial charge in [-0.15, -0.1) is 11.3 Å². The molecule has 0 saturated heterocycles. The first-order valence-electron chi connectivity index (χ1n) is 6.89. The Bertz CT molecular complexity index is 960. The van der Waals surface area contributed by atoms with Crippen LogP contribution in [0.5, 0.6) is 0 Å². The van der Waals surface area contributed by atoms with E-state index in [1.54, 1.807) is 24.4 Å². The van der Waals surface area contributed by atoms with Crippen LogP contribution in [-0.2, 0) is 4.79 Å². The molecule has 0 amide bonds. The summed E-state index contributed by atoms with van der Waals surface area (Å²) in [4.78, 5) is 28.9. The molecule has 1 atom stereocenters. The zero-order chi connectivity index (χ0) is 16.7. The van der Waals surface area contributed by atoms with Gasteiger partial charge in [0.25, 0.3) is 5.56 Å². The van der Waals surface area contributed by atoms with Gasteiger partial charge in [0.2, 0.25) is 0 Å². The molecule has 0 bridgehead atoms. The highest BCUT2D eigenvalue weighted by atomic mass is 32.1. The predicted molar refractivity (Wildman–Crippen MR) is 86.4 cm³/mol. The standard InChI is InChI=1S/C16H13FN2O3S/c1-8(16(21)22)19-9(2)18-14-13(15(19)20)12(7-23-14)10-3-5-11(17)6-4-10/h3-8H,1-2H3,(H,21,22). The number of hydrogen-bond donors (Lipinski definition) is 1. The number of aliphatic carboxylic acids is 1. The van der Waals surface area contributed by atoms with Gasteiger partial charge >= 0.3 is 5.97 Å². The fourth-order valence-electron chi connectivity index (χ4n) is 2.51. The van der Waals surface area contributed by atoms with E-state index in [4.69, 9.17) is 0 Å². The molecule has 0 spiro atoms. The summed E-state index contributed by atoms with van der Waals surface area (Å²) in [6, 6.07) is 4.79. The van der Waals surface area contributed by atoms with Crippen LogP contribution in [0.4, 0.5) is 4.39 Å². The number of aromatic nitrogens is 2. The molecule has 3 aromatic rings. The monoisotopic (exact) mass is 332 g/mol. The number of thiophene rings is 1. The molecule has 118 valence electrons. The summed E-state index contributed by atoms with van der Waals surface area (Å²) in [7, 11) is 0. The summed E-state index contributed by atoms with van der Waals surface area (Å²) >= 11 is 1.30. The van der Waals surface area contributed by atoms with Crippen molar-refractivity contribution in [1.29, 1.82) is 0 Å². The highest BCUT2D eigenvalue weighted by Gasteiger charge is 2.21. The highest BCUT2D eigenvalue weighted by molar-refractivity contribution is 7.17. The maximum atomic E-state index is 13.1. The second-order valence-corrected chi connectivity index (χ2v) is 6.04. The second kappa shape index (κ2) is 5.58. The number of rotatable bonds is 3. The van der Waals surface area contributed by atoms with E-state index in [1.165, 1.54) is 35.0 Å². The largest absolute Gasteiger partial charge is 0.480 e. The number of hydrogen-bond acceptors (Lipinski definition) is 4. The van der Waals surface area contributed by atoms with Crippen molar-refractivity contribution in [3.63, 3.8) is 0 Å². The number of nitrogens with zero attached hydrogens (tertiary/aromatic N) is 2. The molecule has 0 saturated carbocycles. The Morgan fingerprint density at radius 2 is 2.00 bits per heavy atom. The molecule has 5 nitrogen and oxygen atoms in total. The van der Waals surface area contributed by atoms with E-state index in [9.17, 15) is 19.1 Å². The Kier molecular flexibility index (Phi) is 3.73. The minimum atomic E-state index is -1.10. The molecule has 0 fully saturated rings. The first-order valence-corrected chi connectivity index (χ1v) is 7.77. The molecule has 2 aromatic heterocycles. The van der Waals surface area contributed by atoms with Crippen LogP contribution in [0.15, 0.2) is 34.4 Å². The van der Waals surface area contributed by atoms with E-state index >= 15 is 0 Å². The number of carbonyl (C=O) groups is 1. The third kappa shape index (κ3) is 2.53. The Labute approximate surface area is 134 Å². The van der Waals surface area contributed by atoms with Gasteiger partial charge in [0.15, 0.2) is 0 Å². The normalized spacial score (nSPS) is 12.5. The fraction of sp³-hybridized carbons (Fsp3) is 0.188. The lowest BCUT2D eigenvalue weighted by atomic mass is 10.1. The van der Waals surface area contributed by atoms with Gasteiger partial charge < -0.3 is 5.11 Å². The van der Waals surface area contributed by atoms with Crippen molar-refractivity contribution in [3.05, 3.63) is 51.6 Å². The van der Waals surface area contributed by atoms with Crippen molar-refractivity contribution in [1.82, 2.24) is 9.55 Å².